The smallest absolute Gasteiger partial charge is 0.271 e. The molecule has 0 fully saturated rings. The lowest BCUT2D eigenvalue weighted by molar-refractivity contribution is 0.0957. The Labute approximate surface area is 109 Å². The fraction of sp³-hybridized carbons (Fsp3) is 0.167. The first-order chi connectivity index (χ1) is 8.65. The Hall–Kier alpha value is -1.85. The standard InChI is InChI=1S/C12H12ClN3O2/c1-14-12(18)10-4-5-16(15-10)11-3-2-9(13)6-8(11)7-17/h2-6,17H,7H2,1H3,(H,14,18). The third-order valence-electron chi connectivity index (χ3n) is 2.51. The summed E-state index contributed by atoms with van der Waals surface area (Å²) in [4.78, 5) is 11.4. The van der Waals surface area contributed by atoms with E-state index < -0.39 is 0 Å². The van der Waals surface area contributed by atoms with Crippen LogP contribution >= 0.6 is 11.6 Å². The van der Waals surface area contributed by atoms with E-state index in [2.05, 4.69) is 10.4 Å². The van der Waals surface area contributed by atoms with Gasteiger partial charge in [0, 0.05) is 23.8 Å². The van der Waals surface area contributed by atoms with E-state index in [1.807, 2.05) is 0 Å². The summed E-state index contributed by atoms with van der Waals surface area (Å²) in [5, 5.41) is 16.5. The quantitative estimate of drug-likeness (QED) is 0.881. The van der Waals surface area contributed by atoms with Crippen LogP contribution in [0, 0.1) is 0 Å². The Balaban J connectivity index is 2.42. The second kappa shape index (κ2) is 5.20. The van der Waals surface area contributed by atoms with Gasteiger partial charge < -0.3 is 10.4 Å². The zero-order valence-corrected chi connectivity index (χ0v) is 10.5. The molecule has 1 heterocycles. The molecule has 18 heavy (non-hydrogen) atoms. The number of hydrogen-bond acceptors (Lipinski definition) is 3. The molecule has 1 amide bonds. The van der Waals surface area contributed by atoms with E-state index in [1.165, 1.54) is 4.68 Å². The van der Waals surface area contributed by atoms with Gasteiger partial charge in [0.05, 0.1) is 12.3 Å². The van der Waals surface area contributed by atoms with Crippen molar-refractivity contribution in [1.82, 2.24) is 15.1 Å². The van der Waals surface area contributed by atoms with E-state index >= 15 is 0 Å². The molecule has 0 saturated carbocycles. The molecule has 1 aromatic carbocycles. The van der Waals surface area contributed by atoms with Crippen LogP contribution in [0.25, 0.3) is 5.69 Å². The molecule has 94 valence electrons. The maximum absolute atomic E-state index is 11.4. The normalized spacial score (nSPS) is 10.4. The molecular formula is C12H12ClN3O2. The summed E-state index contributed by atoms with van der Waals surface area (Å²) in [5.41, 5.74) is 1.66. The molecule has 2 rings (SSSR count). The molecule has 2 N–H and O–H groups in total. The Kier molecular flexibility index (Phi) is 3.64. The van der Waals surface area contributed by atoms with Crippen LogP contribution in [0.2, 0.25) is 5.02 Å². The summed E-state index contributed by atoms with van der Waals surface area (Å²) < 4.78 is 1.53. The van der Waals surface area contributed by atoms with Crippen molar-refractivity contribution < 1.29 is 9.90 Å². The molecule has 0 aliphatic carbocycles. The summed E-state index contributed by atoms with van der Waals surface area (Å²) >= 11 is 5.86. The van der Waals surface area contributed by atoms with Crippen molar-refractivity contribution in [2.45, 2.75) is 6.61 Å². The summed E-state index contributed by atoms with van der Waals surface area (Å²) in [5.74, 6) is -0.256. The highest BCUT2D eigenvalue weighted by atomic mass is 35.5. The van der Waals surface area contributed by atoms with Crippen molar-refractivity contribution in [3.63, 3.8) is 0 Å². The Bertz CT molecular complexity index is 580. The third kappa shape index (κ3) is 2.37. The van der Waals surface area contributed by atoms with Crippen molar-refractivity contribution >= 4 is 17.5 Å². The number of nitrogens with zero attached hydrogens (tertiary/aromatic N) is 2. The highest BCUT2D eigenvalue weighted by molar-refractivity contribution is 6.30. The number of nitrogens with one attached hydrogen (secondary N) is 1. The lowest BCUT2D eigenvalue weighted by atomic mass is 10.2. The monoisotopic (exact) mass is 265 g/mol. The molecule has 0 aliphatic heterocycles. The Morgan fingerprint density at radius 3 is 2.94 bits per heavy atom. The molecule has 0 atom stereocenters. The van der Waals surface area contributed by atoms with Crippen molar-refractivity contribution in [3.05, 3.63) is 46.7 Å². The van der Waals surface area contributed by atoms with Crippen LogP contribution in [0.3, 0.4) is 0 Å². The molecule has 1 aromatic heterocycles. The average molecular weight is 266 g/mol. The van der Waals surface area contributed by atoms with Gasteiger partial charge in [-0.15, -0.1) is 0 Å². The summed E-state index contributed by atoms with van der Waals surface area (Å²) in [6.07, 6.45) is 1.66. The minimum absolute atomic E-state index is 0.148. The first-order valence-electron chi connectivity index (χ1n) is 5.33. The number of halogens is 1. The number of carbonyl (C=O) groups is 1. The number of benzene rings is 1. The zero-order valence-electron chi connectivity index (χ0n) is 9.72. The molecule has 0 radical (unpaired) electrons. The van der Waals surface area contributed by atoms with Gasteiger partial charge in [-0.2, -0.15) is 5.10 Å². The van der Waals surface area contributed by atoms with Gasteiger partial charge in [0.2, 0.25) is 0 Å². The van der Waals surface area contributed by atoms with Crippen LogP contribution < -0.4 is 5.32 Å². The van der Waals surface area contributed by atoms with Gasteiger partial charge in [0.1, 0.15) is 0 Å². The average Bonchev–Trinajstić information content (AvgIpc) is 2.87. The van der Waals surface area contributed by atoms with Gasteiger partial charge >= 0.3 is 0 Å². The minimum atomic E-state index is -0.256. The molecule has 0 spiro atoms. The number of aliphatic hydroxyl groups excluding tert-OH is 1. The zero-order chi connectivity index (χ0) is 13.1. The molecule has 0 aliphatic rings. The fourth-order valence-corrected chi connectivity index (χ4v) is 1.81. The van der Waals surface area contributed by atoms with Crippen LogP contribution in [0.4, 0.5) is 0 Å². The predicted molar refractivity (Wildman–Crippen MR) is 67.9 cm³/mol. The first-order valence-corrected chi connectivity index (χ1v) is 5.71. The number of carbonyl (C=O) groups excluding carboxylic acids is 1. The van der Waals surface area contributed by atoms with Gasteiger partial charge in [0.25, 0.3) is 5.91 Å². The van der Waals surface area contributed by atoms with Crippen molar-refractivity contribution in [2.24, 2.45) is 0 Å². The number of amides is 1. The van der Waals surface area contributed by atoms with Gasteiger partial charge in [-0.1, -0.05) is 11.6 Å². The number of rotatable bonds is 3. The molecule has 0 bridgehead atoms. The van der Waals surface area contributed by atoms with Crippen LogP contribution in [-0.4, -0.2) is 27.8 Å². The van der Waals surface area contributed by atoms with E-state index in [4.69, 9.17) is 11.6 Å². The van der Waals surface area contributed by atoms with E-state index in [1.54, 1.807) is 37.5 Å². The number of aromatic nitrogens is 2. The Morgan fingerprint density at radius 2 is 2.28 bits per heavy atom. The summed E-state index contributed by atoms with van der Waals surface area (Å²) in [7, 11) is 1.54. The SMILES string of the molecule is CNC(=O)c1ccn(-c2ccc(Cl)cc2CO)n1. The molecule has 2 aromatic rings. The van der Waals surface area contributed by atoms with Gasteiger partial charge in [0.15, 0.2) is 5.69 Å². The topological polar surface area (TPSA) is 67.2 Å². The largest absolute Gasteiger partial charge is 0.392 e. The highest BCUT2D eigenvalue weighted by Gasteiger charge is 2.10. The minimum Gasteiger partial charge on any atom is -0.392 e. The van der Waals surface area contributed by atoms with Gasteiger partial charge in [-0.25, -0.2) is 4.68 Å². The third-order valence-corrected chi connectivity index (χ3v) is 2.74. The van der Waals surface area contributed by atoms with Crippen LogP contribution in [0.15, 0.2) is 30.5 Å². The lowest BCUT2D eigenvalue weighted by Crippen LogP contribution is -2.18. The first kappa shape index (κ1) is 12.6. The van der Waals surface area contributed by atoms with Crippen molar-refractivity contribution in [1.29, 1.82) is 0 Å². The van der Waals surface area contributed by atoms with E-state index in [0.717, 1.165) is 0 Å². The Morgan fingerprint density at radius 1 is 1.50 bits per heavy atom. The molecule has 0 saturated heterocycles. The van der Waals surface area contributed by atoms with Crippen LogP contribution in [0.1, 0.15) is 16.1 Å². The fourth-order valence-electron chi connectivity index (χ4n) is 1.61. The van der Waals surface area contributed by atoms with E-state index in [9.17, 15) is 9.90 Å². The number of aliphatic hydroxyl groups is 1. The lowest BCUT2D eigenvalue weighted by Gasteiger charge is -2.07. The van der Waals surface area contributed by atoms with E-state index in [-0.39, 0.29) is 12.5 Å². The summed E-state index contributed by atoms with van der Waals surface area (Å²) in [6.45, 7) is -0.148. The number of hydrogen-bond donors (Lipinski definition) is 2. The van der Waals surface area contributed by atoms with Crippen molar-refractivity contribution in [3.8, 4) is 5.69 Å². The predicted octanol–water partition coefficient (Wildman–Crippen LogP) is 1.38. The second-order valence-electron chi connectivity index (χ2n) is 3.66. The van der Waals surface area contributed by atoms with Crippen molar-refractivity contribution in [2.75, 3.05) is 7.05 Å². The maximum Gasteiger partial charge on any atom is 0.271 e. The highest BCUT2D eigenvalue weighted by Crippen LogP contribution is 2.19. The van der Waals surface area contributed by atoms with Crippen LogP contribution in [0.5, 0.6) is 0 Å². The van der Waals surface area contributed by atoms with Gasteiger partial charge in [-0.05, 0) is 24.3 Å². The second-order valence-corrected chi connectivity index (χ2v) is 4.09. The van der Waals surface area contributed by atoms with Crippen LogP contribution in [-0.2, 0) is 6.61 Å². The molecular weight excluding hydrogens is 254 g/mol. The van der Waals surface area contributed by atoms with E-state index in [0.29, 0.717) is 22.0 Å². The molecule has 0 unspecified atom stereocenters. The van der Waals surface area contributed by atoms with Gasteiger partial charge in [-0.3, -0.25) is 4.79 Å². The maximum atomic E-state index is 11.4. The molecule has 6 heteroatoms. The molecule has 5 nitrogen and oxygen atoms in total. The summed E-state index contributed by atoms with van der Waals surface area (Å²) in [6, 6.07) is 6.72.